The second-order valence-corrected chi connectivity index (χ2v) is 7.41. The van der Waals surface area contributed by atoms with Gasteiger partial charge in [-0.3, -0.25) is 0 Å². The third kappa shape index (κ3) is 5.28. The lowest BCUT2D eigenvalue weighted by Crippen LogP contribution is -2.33. The van der Waals surface area contributed by atoms with E-state index in [1.807, 2.05) is 31.2 Å². The van der Waals surface area contributed by atoms with Crippen LogP contribution in [0.25, 0.3) is 0 Å². The van der Waals surface area contributed by atoms with E-state index in [9.17, 15) is 8.42 Å². The van der Waals surface area contributed by atoms with Crippen LogP contribution in [0.5, 0.6) is 0 Å². The largest absolute Gasteiger partial charge is 0.367 e. The van der Waals surface area contributed by atoms with Crippen LogP contribution in [0, 0.1) is 10.5 Å². The number of nitrogens with two attached hydrogens (primary N) is 1. The molecule has 0 amide bonds. The number of rotatable bonds is 5. The molecule has 0 fully saturated rings. The molecule has 0 radical (unpaired) electrons. The van der Waals surface area contributed by atoms with Crippen molar-refractivity contribution >= 4 is 44.9 Å². The number of hydroxylamine groups is 1. The van der Waals surface area contributed by atoms with Gasteiger partial charge in [-0.1, -0.05) is 35.9 Å². The van der Waals surface area contributed by atoms with Gasteiger partial charge in [-0.25, -0.2) is 5.48 Å². The highest BCUT2D eigenvalue weighted by molar-refractivity contribution is 14.1. The summed E-state index contributed by atoms with van der Waals surface area (Å²) in [6, 6.07) is 13.8. The van der Waals surface area contributed by atoms with Crippen LogP contribution in [0.1, 0.15) is 11.1 Å². The minimum absolute atomic E-state index is 0.00994. The average Bonchev–Trinajstić information content (AvgIpc) is 2.55. The summed E-state index contributed by atoms with van der Waals surface area (Å²) in [6.45, 7) is 1.85. The van der Waals surface area contributed by atoms with Gasteiger partial charge in [0.25, 0.3) is 0 Å². The summed E-state index contributed by atoms with van der Waals surface area (Å²) in [4.78, 5) is 0.00994. The van der Waals surface area contributed by atoms with E-state index in [1.54, 1.807) is 12.1 Å². The Labute approximate surface area is 153 Å². The van der Waals surface area contributed by atoms with Gasteiger partial charge >= 0.3 is 10.1 Å². The lowest BCUT2D eigenvalue weighted by Gasteiger charge is -2.06. The smallest absolute Gasteiger partial charge is 0.317 e. The maximum absolute atomic E-state index is 12.0. The fourth-order valence-corrected chi connectivity index (χ4v) is 2.89. The molecule has 0 atom stereocenters. The van der Waals surface area contributed by atoms with Crippen LogP contribution in [0.4, 0.5) is 0 Å². The van der Waals surface area contributed by atoms with Crippen molar-refractivity contribution in [1.29, 1.82) is 0 Å². The fraction of sp³-hybridized carbons (Fsp3) is 0.0667. The second kappa shape index (κ2) is 8.22. The van der Waals surface area contributed by atoms with Crippen molar-refractivity contribution in [1.82, 2.24) is 5.48 Å². The van der Waals surface area contributed by atoms with Crippen LogP contribution in [0.2, 0.25) is 0 Å². The predicted octanol–water partition coefficient (Wildman–Crippen LogP) is 2.16. The standard InChI is InChI=1S/C15H15IN4O3S/c1-11-6-8-13(9-7-11)24(21,22)23-20-15(17)19-18-10-12-4-2-3-5-14(12)16/h2-10H,1H3,(H3,17,19,20). The Morgan fingerprint density at radius 1 is 1.21 bits per heavy atom. The van der Waals surface area contributed by atoms with Gasteiger partial charge < -0.3 is 5.73 Å². The molecular formula is C15H15IN4O3S. The minimum atomic E-state index is -3.98. The van der Waals surface area contributed by atoms with Gasteiger partial charge in [0.1, 0.15) is 0 Å². The molecule has 0 saturated heterocycles. The van der Waals surface area contributed by atoms with Gasteiger partial charge in [0.2, 0.25) is 5.96 Å². The lowest BCUT2D eigenvalue weighted by atomic mass is 10.2. The molecule has 126 valence electrons. The maximum Gasteiger partial charge on any atom is 0.317 e. The minimum Gasteiger partial charge on any atom is -0.367 e. The molecule has 0 spiro atoms. The first kappa shape index (κ1) is 18.4. The maximum atomic E-state index is 12.0. The van der Waals surface area contributed by atoms with Gasteiger partial charge in [0.05, 0.1) is 11.1 Å². The number of nitrogens with one attached hydrogen (secondary N) is 1. The zero-order valence-electron chi connectivity index (χ0n) is 12.7. The molecule has 0 bridgehead atoms. The van der Waals surface area contributed by atoms with Crippen molar-refractivity contribution in [2.24, 2.45) is 15.9 Å². The molecule has 0 unspecified atom stereocenters. The van der Waals surface area contributed by atoms with E-state index in [4.69, 9.17) is 5.73 Å². The van der Waals surface area contributed by atoms with Gasteiger partial charge in [-0.15, -0.1) is 9.39 Å². The molecule has 9 heteroatoms. The Morgan fingerprint density at radius 3 is 2.54 bits per heavy atom. The van der Waals surface area contributed by atoms with Crippen molar-refractivity contribution < 1.29 is 12.7 Å². The quantitative estimate of drug-likeness (QED) is 0.309. The summed E-state index contributed by atoms with van der Waals surface area (Å²) < 4.78 is 29.5. The highest BCUT2D eigenvalue weighted by atomic mass is 127. The number of aryl methyl sites for hydroxylation is 1. The monoisotopic (exact) mass is 458 g/mol. The summed E-state index contributed by atoms with van der Waals surface area (Å²) in [5.74, 6) is -0.284. The number of hydrogen-bond donors (Lipinski definition) is 2. The van der Waals surface area contributed by atoms with Crippen LogP contribution in [0.3, 0.4) is 0 Å². The van der Waals surface area contributed by atoms with Crippen LogP contribution in [-0.2, 0) is 14.4 Å². The second-order valence-electron chi connectivity index (χ2n) is 4.70. The Balaban J connectivity index is 1.98. The summed E-state index contributed by atoms with van der Waals surface area (Å²) in [7, 11) is -3.98. The van der Waals surface area contributed by atoms with Gasteiger partial charge in [0.15, 0.2) is 0 Å². The first-order chi connectivity index (χ1) is 11.4. The van der Waals surface area contributed by atoms with E-state index in [0.29, 0.717) is 0 Å². The number of benzene rings is 2. The summed E-state index contributed by atoms with van der Waals surface area (Å²) in [5, 5.41) is 7.41. The van der Waals surface area contributed by atoms with E-state index >= 15 is 0 Å². The van der Waals surface area contributed by atoms with Crippen molar-refractivity contribution in [3.8, 4) is 0 Å². The SMILES string of the molecule is Cc1ccc(S(=O)(=O)ONC(N)=NN=Cc2ccccc2I)cc1. The topological polar surface area (TPSA) is 106 Å². The summed E-state index contributed by atoms with van der Waals surface area (Å²) in [6.07, 6.45) is 1.50. The Hall–Kier alpha value is -1.98. The lowest BCUT2D eigenvalue weighted by molar-refractivity contribution is 0.266. The highest BCUT2D eigenvalue weighted by Crippen LogP contribution is 2.12. The Bertz CT molecular complexity index is 865. The van der Waals surface area contributed by atoms with Crippen molar-refractivity contribution in [2.75, 3.05) is 0 Å². The summed E-state index contributed by atoms with van der Waals surface area (Å²) in [5.41, 5.74) is 9.38. The number of guanidine groups is 1. The van der Waals surface area contributed by atoms with Crippen molar-refractivity contribution in [2.45, 2.75) is 11.8 Å². The molecule has 0 aliphatic heterocycles. The van der Waals surface area contributed by atoms with Crippen LogP contribution < -0.4 is 11.2 Å². The molecule has 3 N–H and O–H groups in total. The van der Waals surface area contributed by atoms with Crippen molar-refractivity contribution in [3.63, 3.8) is 0 Å². The van der Waals surface area contributed by atoms with E-state index in [2.05, 4.69) is 42.6 Å². The molecule has 0 heterocycles. The molecular weight excluding hydrogens is 443 g/mol. The van der Waals surface area contributed by atoms with E-state index in [1.165, 1.54) is 18.3 Å². The third-order valence-corrected chi connectivity index (χ3v) is 4.97. The molecule has 0 saturated carbocycles. The van der Waals surface area contributed by atoms with Crippen LogP contribution >= 0.6 is 22.6 Å². The molecule has 0 aliphatic rings. The third-order valence-electron chi connectivity index (χ3n) is 2.83. The van der Waals surface area contributed by atoms with Gasteiger partial charge in [0, 0.05) is 9.13 Å². The number of halogens is 1. The predicted molar refractivity (Wildman–Crippen MR) is 101 cm³/mol. The van der Waals surface area contributed by atoms with Gasteiger partial charge in [-0.05, 0) is 47.7 Å². The zero-order valence-corrected chi connectivity index (χ0v) is 15.7. The van der Waals surface area contributed by atoms with Crippen LogP contribution in [-0.4, -0.2) is 20.6 Å². The molecule has 0 aliphatic carbocycles. The van der Waals surface area contributed by atoms with E-state index in [-0.39, 0.29) is 10.9 Å². The summed E-state index contributed by atoms with van der Waals surface area (Å²) >= 11 is 2.16. The molecule has 24 heavy (non-hydrogen) atoms. The number of hydrogen-bond acceptors (Lipinski definition) is 5. The normalized spacial score (nSPS) is 12.5. The molecule has 7 nitrogen and oxygen atoms in total. The van der Waals surface area contributed by atoms with Gasteiger partial charge in [-0.2, -0.15) is 13.5 Å². The average molecular weight is 458 g/mol. The first-order valence-electron chi connectivity index (χ1n) is 6.76. The molecule has 0 aromatic heterocycles. The van der Waals surface area contributed by atoms with E-state index < -0.39 is 10.1 Å². The Kier molecular flexibility index (Phi) is 6.29. The highest BCUT2D eigenvalue weighted by Gasteiger charge is 2.15. The van der Waals surface area contributed by atoms with Crippen LogP contribution in [0.15, 0.2) is 63.6 Å². The molecule has 2 aromatic rings. The fourth-order valence-electron chi connectivity index (χ4n) is 1.60. The van der Waals surface area contributed by atoms with E-state index in [0.717, 1.165) is 14.7 Å². The Morgan fingerprint density at radius 2 is 1.88 bits per heavy atom. The number of nitrogens with zero attached hydrogens (tertiary/aromatic N) is 2. The molecule has 2 rings (SSSR count). The molecule has 2 aromatic carbocycles. The van der Waals surface area contributed by atoms with Crippen molar-refractivity contribution in [3.05, 3.63) is 63.2 Å². The zero-order chi connectivity index (χ0) is 17.6. The first-order valence-corrected chi connectivity index (χ1v) is 9.24.